The van der Waals surface area contributed by atoms with Crippen LogP contribution in [0.2, 0.25) is 0 Å². The Kier molecular flexibility index (Phi) is 12.4. The highest BCUT2D eigenvalue weighted by Crippen LogP contribution is 2.26. The van der Waals surface area contributed by atoms with Gasteiger partial charge in [0.25, 0.3) is 0 Å². The third-order valence-electron chi connectivity index (χ3n) is 4.36. The molecule has 0 spiro atoms. The van der Waals surface area contributed by atoms with Gasteiger partial charge in [0.15, 0.2) is 6.29 Å². The second-order valence-electron chi connectivity index (χ2n) is 6.88. The predicted octanol–water partition coefficient (Wildman–Crippen LogP) is -6.42. The highest BCUT2D eigenvalue weighted by molar-refractivity contribution is 7.80. The first-order valence-corrected chi connectivity index (χ1v) is 11.5. The van der Waals surface area contributed by atoms with E-state index in [1.165, 1.54) is 0 Å². The minimum Gasteiger partial charge on any atom is -0.389 e. The molecule has 0 aromatic carbocycles. The largest absolute Gasteiger partial charge is 0.394 e. The van der Waals surface area contributed by atoms with Crippen LogP contribution in [-0.4, -0.2) is 123 Å². The van der Waals surface area contributed by atoms with Gasteiger partial charge >= 0.3 is 20.8 Å². The molecule has 1 aliphatic heterocycles. The predicted molar refractivity (Wildman–Crippen MR) is 104 cm³/mol. The Balaban J connectivity index is 0.000000805. The normalized spacial score (nSPS) is 40.4. The Morgan fingerprint density at radius 2 is 1.22 bits per heavy atom. The molecule has 2 rings (SSSR count). The zero-order valence-corrected chi connectivity index (χ0v) is 18.0. The van der Waals surface area contributed by atoms with Gasteiger partial charge in [0.1, 0.15) is 30.5 Å². The lowest BCUT2D eigenvalue weighted by Gasteiger charge is -2.45. The van der Waals surface area contributed by atoms with Crippen LogP contribution in [-0.2, 0) is 30.3 Å². The van der Waals surface area contributed by atoms with Crippen molar-refractivity contribution in [3.8, 4) is 0 Å². The van der Waals surface area contributed by atoms with E-state index >= 15 is 0 Å². The van der Waals surface area contributed by atoms with E-state index in [2.05, 4.69) is 0 Å². The van der Waals surface area contributed by atoms with Crippen molar-refractivity contribution in [3.05, 3.63) is 0 Å². The number of hydrogen-bond acceptors (Lipinski definition) is 14. The van der Waals surface area contributed by atoms with Crippen molar-refractivity contribution >= 4 is 20.8 Å². The maximum Gasteiger partial charge on any atom is 0.394 e. The summed E-state index contributed by atoms with van der Waals surface area (Å²) < 4.78 is 74.2. The number of hydrogen-bond donors (Lipinski definition) is 12. The molecule has 1 saturated carbocycles. The van der Waals surface area contributed by atoms with E-state index in [-0.39, 0.29) is 13.0 Å². The number of ether oxygens (including phenoxy) is 2. The SMILES string of the molecule is NC[C@H]1O[C@H](O[C@H]2[C@H](O)[C@@H](O)[C@H](N)C[C@@H]2N)[C@H](N)[C@@H](O)[C@@H]1O.O=S(=O)(O)O.O=S(=O)(O)O. The van der Waals surface area contributed by atoms with Crippen molar-refractivity contribution in [3.63, 3.8) is 0 Å². The summed E-state index contributed by atoms with van der Waals surface area (Å²) in [5.74, 6) is 0. The fourth-order valence-electron chi connectivity index (χ4n) is 2.89. The van der Waals surface area contributed by atoms with Crippen molar-refractivity contribution in [1.29, 1.82) is 0 Å². The highest BCUT2D eigenvalue weighted by Gasteiger charge is 2.47. The standard InChI is InChI=1S/C12H26N4O6.2H2O4S/c13-2-5-8(18)9(19)6(16)12(21-5)22-11-4(15)1-3(14)7(17)10(11)20;2*1-5(2,3)4/h3-12,17-20H,1-2,13-16H2;2*(H2,1,2,3,4)/t3-,4+,5-,6-,7+,8-,9-,10-,11-,12-;;/m1../s1. The van der Waals surface area contributed by atoms with Crippen molar-refractivity contribution in [2.45, 2.75) is 67.5 Å². The van der Waals surface area contributed by atoms with E-state index < -0.39 is 81.8 Å². The molecule has 2 aliphatic rings. The zero-order chi connectivity index (χ0) is 25.6. The average molecular weight is 519 g/mol. The molecule has 0 amide bonds. The second kappa shape index (κ2) is 12.7. The van der Waals surface area contributed by atoms with Gasteiger partial charge < -0.3 is 52.8 Å². The smallest absolute Gasteiger partial charge is 0.389 e. The molecule has 0 aromatic heterocycles. The molecule has 194 valence electrons. The van der Waals surface area contributed by atoms with Crippen molar-refractivity contribution < 1.29 is 64.9 Å². The molecule has 18 nitrogen and oxygen atoms in total. The van der Waals surface area contributed by atoms with Crippen LogP contribution in [0.4, 0.5) is 0 Å². The first kappa shape index (κ1) is 31.3. The topological polar surface area (TPSA) is 353 Å². The Hall–Kier alpha value is -0.660. The monoisotopic (exact) mass is 518 g/mol. The first-order valence-electron chi connectivity index (χ1n) is 8.67. The van der Waals surface area contributed by atoms with Gasteiger partial charge in [0.2, 0.25) is 0 Å². The first-order chi connectivity index (χ1) is 14.3. The fourth-order valence-corrected chi connectivity index (χ4v) is 2.89. The van der Waals surface area contributed by atoms with Gasteiger partial charge in [0, 0.05) is 18.6 Å². The van der Waals surface area contributed by atoms with Gasteiger partial charge in [-0.15, -0.1) is 0 Å². The van der Waals surface area contributed by atoms with E-state index in [0.717, 1.165) is 0 Å². The Morgan fingerprint density at radius 3 is 1.62 bits per heavy atom. The molecule has 0 bridgehead atoms. The zero-order valence-electron chi connectivity index (χ0n) is 16.3. The lowest BCUT2D eigenvalue weighted by molar-refractivity contribution is -0.287. The van der Waals surface area contributed by atoms with Crippen molar-refractivity contribution in [1.82, 2.24) is 0 Å². The van der Waals surface area contributed by atoms with Crippen LogP contribution in [0.15, 0.2) is 0 Å². The molecule has 1 aliphatic carbocycles. The summed E-state index contributed by atoms with van der Waals surface area (Å²) in [6.45, 7) is -0.0441. The minimum absolute atomic E-state index is 0.0441. The average Bonchev–Trinajstić information content (AvgIpc) is 2.60. The molecule has 1 saturated heterocycles. The molecule has 0 radical (unpaired) electrons. The molecular formula is C12H30N4O14S2. The number of nitrogens with two attached hydrogens (primary N) is 4. The maximum atomic E-state index is 10.1. The van der Waals surface area contributed by atoms with Gasteiger partial charge in [-0.3, -0.25) is 18.2 Å². The second-order valence-corrected chi connectivity index (χ2v) is 8.67. The molecule has 16 N–H and O–H groups in total. The van der Waals surface area contributed by atoms with Crippen molar-refractivity contribution in [2.75, 3.05) is 6.54 Å². The summed E-state index contributed by atoms with van der Waals surface area (Å²) >= 11 is 0. The summed E-state index contributed by atoms with van der Waals surface area (Å²) in [5.41, 5.74) is 22.8. The minimum atomic E-state index is -4.67. The highest BCUT2D eigenvalue weighted by atomic mass is 32.3. The third-order valence-corrected chi connectivity index (χ3v) is 4.36. The van der Waals surface area contributed by atoms with E-state index in [0.29, 0.717) is 0 Å². The van der Waals surface area contributed by atoms with Crippen LogP contribution in [0, 0.1) is 0 Å². The summed E-state index contributed by atoms with van der Waals surface area (Å²) in [7, 11) is -9.33. The quantitative estimate of drug-likeness (QED) is 0.154. The molecule has 10 atom stereocenters. The summed E-state index contributed by atoms with van der Waals surface area (Å²) in [6.07, 6.45) is -7.73. The van der Waals surface area contributed by atoms with Gasteiger partial charge in [-0.05, 0) is 6.42 Å². The Labute approximate surface area is 183 Å². The van der Waals surface area contributed by atoms with Crippen LogP contribution in [0.5, 0.6) is 0 Å². The molecular weight excluding hydrogens is 488 g/mol. The van der Waals surface area contributed by atoms with Gasteiger partial charge in [-0.2, -0.15) is 16.8 Å². The number of aliphatic hydroxyl groups excluding tert-OH is 4. The van der Waals surface area contributed by atoms with Gasteiger partial charge in [-0.25, -0.2) is 0 Å². The fraction of sp³-hybridized carbons (Fsp3) is 1.00. The van der Waals surface area contributed by atoms with Gasteiger partial charge in [-0.1, -0.05) is 0 Å². The van der Waals surface area contributed by atoms with E-state index in [1.807, 2.05) is 0 Å². The summed E-state index contributed by atoms with van der Waals surface area (Å²) in [6, 6.07) is -2.34. The molecule has 0 aromatic rings. The maximum absolute atomic E-state index is 10.1. The van der Waals surface area contributed by atoms with Crippen molar-refractivity contribution in [2.24, 2.45) is 22.9 Å². The van der Waals surface area contributed by atoms with E-state index in [9.17, 15) is 20.4 Å². The van der Waals surface area contributed by atoms with E-state index in [4.69, 9.17) is 67.5 Å². The molecule has 0 unspecified atom stereocenters. The molecule has 20 heteroatoms. The lowest BCUT2D eigenvalue weighted by Crippen LogP contribution is -2.67. The van der Waals surface area contributed by atoms with Crippen LogP contribution >= 0.6 is 0 Å². The molecule has 1 heterocycles. The van der Waals surface area contributed by atoms with Crippen LogP contribution in [0.3, 0.4) is 0 Å². The number of rotatable bonds is 3. The molecule has 2 fully saturated rings. The molecule has 32 heavy (non-hydrogen) atoms. The number of aliphatic hydroxyl groups is 4. The van der Waals surface area contributed by atoms with Gasteiger partial charge in [0.05, 0.1) is 12.1 Å². The summed E-state index contributed by atoms with van der Waals surface area (Å²) in [5, 5.41) is 39.6. The Bertz CT molecular complexity index is 722. The summed E-state index contributed by atoms with van der Waals surface area (Å²) in [4.78, 5) is 0. The third kappa shape index (κ3) is 11.5. The van der Waals surface area contributed by atoms with Crippen LogP contribution in [0.1, 0.15) is 6.42 Å². The van der Waals surface area contributed by atoms with E-state index in [1.54, 1.807) is 0 Å². The van der Waals surface area contributed by atoms with Crippen LogP contribution < -0.4 is 22.9 Å². The lowest BCUT2D eigenvalue weighted by atomic mass is 9.84. The van der Waals surface area contributed by atoms with Crippen LogP contribution in [0.25, 0.3) is 0 Å². The Morgan fingerprint density at radius 1 is 0.781 bits per heavy atom.